The predicted octanol–water partition coefficient (Wildman–Crippen LogP) is 2.82. The summed E-state index contributed by atoms with van der Waals surface area (Å²) in [6.45, 7) is 2.16. The highest BCUT2D eigenvalue weighted by molar-refractivity contribution is 6.40. The largest absolute Gasteiger partial charge is 0.475 e. The summed E-state index contributed by atoms with van der Waals surface area (Å²) in [5.74, 6) is -2.54. The first-order valence-corrected chi connectivity index (χ1v) is 8.73. The topological polar surface area (TPSA) is 114 Å². The van der Waals surface area contributed by atoms with E-state index in [1.807, 2.05) is 13.0 Å². The van der Waals surface area contributed by atoms with Crippen LogP contribution in [0.2, 0.25) is 0 Å². The summed E-state index contributed by atoms with van der Waals surface area (Å²) in [7, 11) is 2.97. The molecule has 0 spiro atoms. The number of hydrogen-bond donors (Lipinski definition) is 1. The summed E-state index contributed by atoms with van der Waals surface area (Å²) in [6, 6.07) is 12.1. The van der Waals surface area contributed by atoms with E-state index in [2.05, 4.69) is 11.2 Å². The molecule has 2 aromatic carbocycles. The SMILES string of the molecule is COC(OC)c1nn(Cc2c(C)cccc2C#N)c2cc(C(=O)C(=O)O)ccc12. The van der Waals surface area contributed by atoms with Gasteiger partial charge >= 0.3 is 5.97 Å². The van der Waals surface area contributed by atoms with E-state index in [9.17, 15) is 14.9 Å². The van der Waals surface area contributed by atoms with Gasteiger partial charge in [-0.1, -0.05) is 12.1 Å². The Hall–Kier alpha value is -3.54. The molecule has 0 unspecified atom stereocenters. The van der Waals surface area contributed by atoms with Gasteiger partial charge in [0.1, 0.15) is 5.69 Å². The Morgan fingerprint density at radius 1 is 1.24 bits per heavy atom. The van der Waals surface area contributed by atoms with Crippen LogP contribution in [0.4, 0.5) is 0 Å². The monoisotopic (exact) mass is 393 g/mol. The molecule has 8 heteroatoms. The Bertz CT molecular complexity index is 1140. The molecule has 1 N–H and O–H groups in total. The lowest BCUT2D eigenvalue weighted by Crippen LogP contribution is -2.12. The maximum Gasteiger partial charge on any atom is 0.377 e. The van der Waals surface area contributed by atoms with Crippen molar-refractivity contribution >= 4 is 22.7 Å². The third kappa shape index (κ3) is 3.74. The Balaban J connectivity index is 2.22. The van der Waals surface area contributed by atoms with E-state index in [1.54, 1.807) is 22.9 Å². The van der Waals surface area contributed by atoms with Gasteiger partial charge in [-0.25, -0.2) is 4.79 Å². The fraction of sp³-hybridized carbons (Fsp3) is 0.238. The van der Waals surface area contributed by atoms with E-state index in [4.69, 9.17) is 14.6 Å². The molecule has 3 aromatic rings. The van der Waals surface area contributed by atoms with E-state index in [0.717, 1.165) is 11.1 Å². The number of ketones is 1. The number of rotatable bonds is 7. The quantitative estimate of drug-likeness (QED) is 0.373. The number of fused-ring (bicyclic) bond motifs is 1. The van der Waals surface area contributed by atoms with E-state index in [0.29, 0.717) is 22.2 Å². The second-order valence-corrected chi connectivity index (χ2v) is 6.43. The molecule has 0 saturated heterocycles. The number of aryl methyl sites for hydroxylation is 1. The smallest absolute Gasteiger partial charge is 0.377 e. The van der Waals surface area contributed by atoms with Gasteiger partial charge in [0.05, 0.1) is 23.7 Å². The Morgan fingerprint density at radius 2 is 1.97 bits per heavy atom. The number of carbonyl (C=O) groups excluding carboxylic acids is 1. The standard InChI is InChI=1S/C21H19N3O5/c1-12-5-4-6-14(10-22)16(12)11-24-17-9-13(19(25)20(26)27)7-8-15(17)18(23-24)21(28-2)29-3/h4-9,21H,11H2,1-3H3,(H,26,27). The molecule has 29 heavy (non-hydrogen) atoms. The molecule has 0 fully saturated rings. The van der Waals surface area contributed by atoms with Crippen molar-refractivity contribution in [3.8, 4) is 6.07 Å². The maximum atomic E-state index is 11.9. The van der Waals surface area contributed by atoms with Gasteiger partial charge in [-0.05, 0) is 42.3 Å². The number of carboxylic acids is 1. The van der Waals surface area contributed by atoms with E-state index >= 15 is 0 Å². The summed E-state index contributed by atoms with van der Waals surface area (Å²) in [4.78, 5) is 23.0. The number of hydrogen-bond acceptors (Lipinski definition) is 6. The maximum absolute atomic E-state index is 11.9. The molecule has 0 radical (unpaired) electrons. The molecule has 3 rings (SSSR count). The van der Waals surface area contributed by atoms with Gasteiger partial charge in [-0.3, -0.25) is 9.48 Å². The molecular formula is C21H19N3O5. The molecule has 148 valence electrons. The Morgan fingerprint density at radius 3 is 2.59 bits per heavy atom. The molecule has 8 nitrogen and oxygen atoms in total. The lowest BCUT2D eigenvalue weighted by Gasteiger charge is -2.11. The zero-order chi connectivity index (χ0) is 21.1. The zero-order valence-corrected chi connectivity index (χ0v) is 16.2. The van der Waals surface area contributed by atoms with Gasteiger partial charge in [0, 0.05) is 25.2 Å². The fourth-order valence-electron chi connectivity index (χ4n) is 3.25. The van der Waals surface area contributed by atoms with Crippen LogP contribution in [0, 0.1) is 18.3 Å². The first-order chi connectivity index (χ1) is 13.9. The molecule has 1 heterocycles. The second-order valence-electron chi connectivity index (χ2n) is 6.43. The minimum absolute atomic E-state index is 0.0365. The van der Waals surface area contributed by atoms with Crippen molar-refractivity contribution in [2.75, 3.05) is 14.2 Å². The van der Waals surface area contributed by atoms with Crippen molar-refractivity contribution < 1.29 is 24.2 Å². The predicted molar refractivity (Wildman–Crippen MR) is 103 cm³/mol. The first kappa shape index (κ1) is 20.2. The minimum atomic E-state index is -1.53. The minimum Gasteiger partial charge on any atom is -0.475 e. The van der Waals surface area contributed by atoms with Gasteiger partial charge in [0.25, 0.3) is 5.78 Å². The molecular weight excluding hydrogens is 374 g/mol. The van der Waals surface area contributed by atoms with Crippen molar-refractivity contribution in [1.82, 2.24) is 9.78 Å². The number of ether oxygens (including phenoxy) is 2. The van der Waals surface area contributed by atoms with E-state index in [1.165, 1.54) is 26.4 Å². The van der Waals surface area contributed by atoms with Crippen LogP contribution in [-0.2, 0) is 20.8 Å². The number of aliphatic carboxylic acids is 1. The number of carbonyl (C=O) groups is 2. The molecule has 0 aliphatic carbocycles. The zero-order valence-electron chi connectivity index (χ0n) is 16.2. The Labute approximate surface area is 166 Å². The molecule has 1 aromatic heterocycles. The van der Waals surface area contributed by atoms with Gasteiger partial charge in [0.15, 0.2) is 0 Å². The number of aromatic nitrogens is 2. The highest BCUT2D eigenvalue weighted by Gasteiger charge is 2.23. The summed E-state index contributed by atoms with van der Waals surface area (Å²) >= 11 is 0. The first-order valence-electron chi connectivity index (χ1n) is 8.73. The summed E-state index contributed by atoms with van der Waals surface area (Å²) in [5, 5.41) is 23.7. The molecule has 0 aliphatic heterocycles. The van der Waals surface area contributed by atoms with E-state index < -0.39 is 18.0 Å². The van der Waals surface area contributed by atoms with Crippen molar-refractivity contribution in [1.29, 1.82) is 5.26 Å². The number of methoxy groups -OCH3 is 2. The molecule has 0 saturated carbocycles. The third-order valence-electron chi connectivity index (χ3n) is 4.73. The molecule has 0 atom stereocenters. The van der Waals surface area contributed by atoms with Crippen LogP contribution in [0.1, 0.15) is 39.0 Å². The normalized spacial score (nSPS) is 11.0. The van der Waals surface area contributed by atoms with Crippen LogP contribution in [-0.4, -0.2) is 40.9 Å². The molecule has 0 aliphatic rings. The third-order valence-corrected chi connectivity index (χ3v) is 4.73. The van der Waals surface area contributed by atoms with Gasteiger partial charge in [0.2, 0.25) is 6.29 Å². The van der Waals surface area contributed by atoms with Crippen molar-refractivity contribution in [3.05, 3.63) is 64.3 Å². The number of Topliss-reactive ketones (excluding diaryl/α,β-unsaturated/α-hetero) is 1. The highest BCUT2D eigenvalue weighted by atomic mass is 16.7. The number of benzene rings is 2. The summed E-state index contributed by atoms with van der Waals surface area (Å²) in [6.07, 6.45) is -0.743. The summed E-state index contributed by atoms with van der Waals surface area (Å²) < 4.78 is 12.3. The van der Waals surface area contributed by atoms with Crippen LogP contribution in [0.15, 0.2) is 36.4 Å². The number of nitriles is 1. The lowest BCUT2D eigenvalue weighted by molar-refractivity contribution is -0.131. The summed E-state index contributed by atoms with van der Waals surface area (Å²) in [5.41, 5.74) is 3.29. The van der Waals surface area contributed by atoms with Crippen LogP contribution in [0.3, 0.4) is 0 Å². The van der Waals surface area contributed by atoms with Crippen LogP contribution in [0.25, 0.3) is 10.9 Å². The van der Waals surface area contributed by atoms with Gasteiger partial charge < -0.3 is 14.6 Å². The lowest BCUT2D eigenvalue weighted by atomic mass is 10.0. The number of nitrogens with zero attached hydrogens (tertiary/aromatic N) is 3. The second kappa shape index (κ2) is 8.22. The van der Waals surface area contributed by atoms with Gasteiger partial charge in [-0.15, -0.1) is 0 Å². The molecule has 0 amide bonds. The van der Waals surface area contributed by atoms with Gasteiger partial charge in [-0.2, -0.15) is 10.4 Å². The van der Waals surface area contributed by atoms with E-state index in [-0.39, 0.29) is 12.1 Å². The highest BCUT2D eigenvalue weighted by Crippen LogP contribution is 2.28. The van der Waals surface area contributed by atoms with Crippen LogP contribution < -0.4 is 0 Å². The van der Waals surface area contributed by atoms with Crippen LogP contribution in [0.5, 0.6) is 0 Å². The molecule has 0 bridgehead atoms. The average molecular weight is 393 g/mol. The fourth-order valence-corrected chi connectivity index (χ4v) is 3.25. The van der Waals surface area contributed by atoms with Crippen molar-refractivity contribution in [2.24, 2.45) is 0 Å². The van der Waals surface area contributed by atoms with Crippen molar-refractivity contribution in [3.63, 3.8) is 0 Å². The van der Waals surface area contributed by atoms with Crippen molar-refractivity contribution in [2.45, 2.75) is 19.8 Å². The average Bonchev–Trinajstić information content (AvgIpc) is 3.07. The number of carboxylic acid groups (broad SMARTS) is 1. The van der Waals surface area contributed by atoms with Crippen LogP contribution >= 0.6 is 0 Å². The Kier molecular flexibility index (Phi) is 5.73.